The predicted octanol–water partition coefficient (Wildman–Crippen LogP) is 3.94. The summed E-state index contributed by atoms with van der Waals surface area (Å²) in [5, 5.41) is 1.31. The summed E-state index contributed by atoms with van der Waals surface area (Å²) in [4.78, 5) is 15.7. The summed E-state index contributed by atoms with van der Waals surface area (Å²) >= 11 is 5.97. The molecule has 0 fully saturated rings. The fourth-order valence-electron chi connectivity index (χ4n) is 2.25. The lowest BCUT2D eigenvalue weighted by Crippen LogP contribution is -2.01. The molecule has 0 amide bonds. The van der Waals surface area contributed by atoms with Gasteiger partial charge in [-0.1, -0.05) is 23.7 Å². The number of ketones is 1. The fraction of sp³-hybridized carbons (Fsp3) is 0.0625. The van der Waals surface area contributed by atoms with E-state index in [1.54, 1.807) is 24.4 Å². The molecule has 3 rings (SSSR count). The summed E-state index contributed by atoms with van der Waals surface area (Å²) in [5.74, 6) is -0.0676. The molecule has 1 heterocycles. The first-order chi connectivity index (χ1) is 9.56. The molecule has 0 aliphatic rings. The van der Waals surface area contributed by atoms with Crippen molar-refractivity contribution >= 4 is 34.0 Å². The van der Waals surface area contributed by atoms with E-state index in [-0.39, 0.29) is 5.78 Å². The maximum Gasteiger partial charge on any atom is 0.195 e. The van der Waals surface area contributed by atoms with Crippen LogP contribution in [0.4, 0.5) is 5.69 Å². The summed E-state index contributed by atoms with van der Waals surface area (Å²) in [7, 11) is 0. The van der Waals surface area contributed by atoms with Crippen LogP contribution < -0.4 is 5.73 Å². The van der Waals surface area contributed by atoms with Gasteiger partial charge in [-0.15, -0.1) is 0 Å². The second kappa shape index (κ2) is 4.69. The molecule has 0 saturated heterocycles. The quantitative estimate of drug-likeness (QED) is 0.553. The highest BCUT2D eigenvalue weighted by Crippen LogP contribution is 2.25. The highest BCUT2D eigenvalue weighted by molar-refractivity contribution is 6.33. The van der Waals surface area contributed by atoms with Crippen LogP contribution in [0.2, 0.25) is 5.02 Å². The van der Waals surface area contributed by atoms with Gasteiger partial charge in [0.05, 0.1) is 10.7 Å². The Morgan fingerprint density at radius 2 is 2.00 bits per heavy atom. The average molecular weight is 285 g/mol. The Kier molecular flexibility index (Phi) is 2.99. The lowest BCUT2D eigenvalue weighted by Gasteiger charge is -2.03. The van der Waals surface area contributed by atoms with Gasteiger partial charge < -0.3 is 10.7 Å². The van der Waals surface area contributed by atoms with Crippen molar-refractivity contribution in [2.75, 3.05) is 5.73 Å². The van der Waals surface area contributed by atoms with E-state index < -0.39 is 0 Å². The minimum absolute atomic E-state index is 0.0676. The Hall–Kier alpha value is -2.26. The minimum Gasteiger partial charge on any atom is -0.398 e. The minimum atomic E-state index is -0.0676. The summed E-state index contributed by atoms with van der Waals surface area (Å²) in [6.07, 6.45) is 1.73. The monoisotopic (exact) mass is 284 g/mol. The van der Waals surface area contributed by atoms with E-state index in [9.17, 15) is 4.79 Å². The van der Waals surface area contributed by atoms with Gasteiger partial charge in [0, 0.05) is 28.2 Å². The number of hydrogen-bond donors (Lipinski definition) is 2. The highest BCUT2D eigenvalue weighted by atomic mass is 35.5. The van der Waals surface area contributed by atoms with Gasteiger partial charge in [-0.25, -0.2) is 0 Å². The van der Waals surface area contributed by atoms with Crippen LogP contribution in [-0.4, -0.2) is 10.8 Å². The lowest BCUT2D eigenvalue weighted by molar-refractivity contribution is 0.104. The molecule has 2 aromatic carbocycles. The van der Waals surface area contributed by atoms with E-state index in [1.807, 2.05) is 25.1 Å². The van der Waals surface area contributed by atoms with Crippen LogP contribution in [0, 0.1) is 6.92 Å². The Morgan fingerprint density at radius 1 is 1.20 bits per heavy atom. The molecular formula is C16H13ClN2O. The zero-order valence-corrected chi connectivity index (χ0v) is 11.7. The van der Waals surface area contributed by atoms with Gasteiger partial charge in [-0.2, -0.15) is 0 Å². The highest BCUT2D eigenvalue weighted by Gasteiger charge is 2.15. The number of hydrogen-bond acceptors (Lipinski definition) is 2. The number of aromatic nitrogens is 1. The van der Waals surface area contributed by atoms with Crippen LogP contribution in [0.25, 0.3) is 10.9 Å². The number of nitrogens with two attached hydrogens (primary N) is 1. The van der Waals surface area contributed by atoms with E-state index in [2.05, 4.69) is 4.98 Å². The van der Waals surface area contributed by atoms with Crippen molar-refractivity contribution in [1.29, 1.82) is 0 Å². The number of carbonyl (C=O) groups excluding carboxylic acids is 1. The van der Waals surface area contributed by atoms with Crippen LogP contribution in [0.3, 0.4) is 0 Å². The largest absolute Gasteiger partial charge is 0.398 e. The van der Waals surface area contributed by atoms with Gasteiger partial charge in [0.25, 0.3) is 0 Å². The van der Waals surface area contributed by atoms with Crippen molar-refractivity contribution in [2.45, 2.75) is 6.92 Å². The molecule has 3 N–H and O–H groups in total. The Balaban J connectivity index is 2.10. The topological polar surface area (TPSA) is 58.9 Å². The van der Waals surface area contributed by atoms with Crippen LogP contribution >= 0.6 is 11.6 Å². The molecule has 3 aromatic rings. The number of fused-ring (bicyclic) bond motifs is 1. The molecule has 0 spiro atoms. The van der Waals surface area contributed by atoms with Crippen LogP contribution in [0.1, 0.15) is 21.5 Å². The van der Waals surface area contributed by atoms with Crippen LogP contribution in [0.15, 0.2) is 42.6 Å². The molecule has 0 radical (unpaired) electrons. The Labute approximate surface area is 121 Å². The first-order valence-corrected chi connectivity index (χ1v) is 6.61. The number of benzene rings is 2. The van der Waals surface area contributed by atoms with Crippen LogP contribution in [-0.2, 0) is 0 Å². The van der Waals surface area contributed by atoms with Crippen molar-refractivity contribution in [3.8, 4) is 0 Å². The maximum absolute atomic E-state index is 12.6. The van der Waals surface area contributed by atoms with Gasteiger partial charge in [-0.05, 0) is 36.8 Å². The number of rotatable bonds is 2. The lowest BCUT2D eigenvalue weighted by atomic mass is 10.0. The third-order valence-electron chi connectivity index (χ3n) is 3.34. The first-order valence-electron chi connectivity index (χ1n) is 6.24. The maximum atomic E-state index is 12.6. The molecule has 0 bridgehead atoms. The summed E-state index contributed by atoms with van der Waals surface area (Å²) in [5.41, 5.74) is 9.41. The standard InChI is InChI=1S/C16H13ClN2O/c1-9-2-4-11-12(8-19-15(11)6-9)16(20)10-3-5-14(18)13(17)7-10/h2-8,19H,18H2,1H3. The van der Waals surface area contributed by atoms with E-state index >= 15 is 0 Å². The van der Waals surface area contributed by atoms with Crippen molar-refractivity contribution in [2.24, 2.45) is 0 Å². The number of H-pyrrole nitrogens is 1. The van der Waals surface area contributed by atoms with Crippen LogP contribution in [0.5, 0.6) is 0 Å². The fourth-order valence-corrected chi connectivity index (χ4v) is 2.43. The van der Waals surface area contributed by atoms with Gasteiger partial charge in [0.1, 0.15) is 0 Å². The molecule has 0 saturated carbocycles. The zero-order valence-electron chi connectivity index (χ0n) is 10.9. The number of aryl methyl sites for hydroxylation is 1. The molecule has 20 heavy (non-hydrogen) atoms. The summed E-state index contributed by atoms with van der Waals surface area (Å²) in [6.45, 7) is 2.02. The predicted molar refractivity (Wildman–Crippen MR) is 82.3 cm³/mol. The SMILES string of the molecule is Cc1ccc2c(C(=O)c3ccc(N)c(Cl)c3)c[nH]c2c1. The second-order valence-corrected chi connectivity index (χ2v) is 5.22. The number of nitrogen functional groups attached to an aromatic ring is 1. The van der Waals surface area contributed by atoms with Crippen molar-refractivity contribution in [1.82, 2.24) is 4.98 Å². The molecule has 0 aliphatic carbocycles. The molecule has 0 aliphatic heterocycles. The van der Waals surface area contributed by atoms with Crippen molar-refractivity contribution < 1.29 is 4.79 Å². The molecule has 4 heteroatoms. The number of carbonyl (C=O) groups is 1. The summed E-state index contributed by atoms with van der Waals surface area (Å²) < 4.78 is 0. The average Bonchev–Trinajstić information content (AvgIpc) is 2.84. The molecule has 0 atom stereocenters. The molecule has 0 unspecified atom stereocenters. The molecular weight excluding hydrogens is 272 g/mol. The smallest absolute Gasteiger partial charge is 0.195 e. The summed E-state index contributed by atoms with van der Waals surface area (Å²) in [6, 6.07) is 10.9. The van der Waals surface area contributed by atoms with Gasteiger partial charge in [0.2, 0.25) is 0 Å². The molecule has 1 aromatic heterocycles. The van der Waals surface area contributed by atoms with Crippen molar-refractivity contribution in [3.63, 3.8) is 0 Å². The van der Waals surface area contributed by atoms with Gasteiger partial charge in [-0.3, -0.25) is 4.79 Å². The van der Waals surface area contributed by atoms with Crippen molar-refractivity contribution in [3.05, 3.63) is 64.3 Å². The van der Waals surface area contributed by atoms with Gasteiger partial charge in [0.15, 0.2) is 5.78 Å². The first kappa shape index (κ1) is 12.8. The van der Waals surface area contributed by atoms with E-state index in [4.69, 9.17) is 17.3 Å². The van der Waals surface area contributed by atoms with E-state index in [0.717, 1.165) is 16.5 Å². The van der Waals surface area contributed by atoms with E-state index in [0.29, 0.717) is 21.8 Å². The Bertz CT molecular complexity index is 820. The van der Waals surface area contributed by atoms with E-state index in [1.165, 1.54) is 0 Å². The molecule has 3 nitrogen and oxygen atoms in total. The normalized spacial score (nSPS) is 10.9. The molecule has 100 valence electrons. The number of halogens is 1. The zero-order chi connectivity index (χ0) is 14.3. The number of nitrogens with one attached hydrogen (secondary N) is 1. The number of aromatic amines is 1. The second-order valence-electron chi connectivity index (χ2n) is 4.82. The third kappa shape index (κ3) is 2.06. The third-order valence-corrected chi connectivity index (χ3v) is 3.67. The number of anilines is 1. The Morgan fingerprint density at radius 3 is 2.75 bits per heavy atom. The van der Waals surface area contributed by atoms with Gasteiger partial charge >= 0.3 is 0 Å².